The molecule has 2 fully saturated rings. The summed E-state index contributed by atoms with van der Waals surface area (Å²) in [6.45, 7) is 1.60. The molecular formula is C22H22ClFN6O. The Morgan fingerprint density at radius 2 is 1.94 bits per heavy atom. The van der Waals surface area contributed by atoms with Gasteiger partial charge in [-0.2, -0.15) is 10.2 Å². The maximum Gasteiger partial charge on any atom is 0.212 e. The number of carbonyl (C=O) groups excluding carboxylic acids is 1. The summed E-state index contributed by atoms with van der Waals surface area (Å²) in [6.07, 6.45) is 10.6. The van der Waals surface area contributed by atoms with Gasteiger partial charge in [-0.3, -0.25) is 9.89 Å². The third-order valence-corrected chi connectivity index (χ3v) is 5.86. The van der Waals surface area contributed by atoms with Crippen LogP contribution in [-0.2, 0) is 4.79 Å². The van der Waals surface area contributed by atoms with E-state index in [9.17, 15) is 4.79 Å². The van der Waals surface area contributed by atoms with Crippen molar-refractivity contribution in [3.63, 3.8) is 0 Å². The van der Waals surface area contributed by atoms with E-state index in [1.165, 1.54) is 19.3 Å². The first-order chi connectivity index (χ1) is 15.2. The van der Waals surface area contributed by atoms with E-state index in [-0.39, 0.29) is 5.02 Å². The molecule has 2 aliphatic rings. The molecule has 31 heavy (non-hydrogen) atoms. The van der Waals surface area contributed by atoms with Crippen LogP contribution < -0.4 is 10.2 Å². The molecule has 3 aromatic heterocycles. The number of carbonyl (C=O) groups is 1. The van der Waals surface area contributed by atoms with Gasteiger partial charge in [0.05, 0.1) is 22.3 Å². The maximum atomic E-state index is 15.3. The lowest BCUT2D eigenvalue weighted by Crippen LogP contribution is -2.19. The van der Waals surface area contributed by atoms with Crippen LogP contribution in [0.25, 0.3) is 27.5 Å². The minimum atomic E-state index is -0.438. The van der Waals surface area contributed by atoms with Crippen molar-refractivity contribution in [1.82, 2.24) is 19.8 Å². The fourth-order valence-electron chi connectivity index (χ4n) is 3.90. The number of fused-ring (bicyclic) bond motifs is 2. The molecule has 1 saturated heterocycles. The van der Waals surface area contributed by atoms with Crippen molar-refractivity contribution in [2.24, 2.45) is 0 Å². The molecule has 2 N–H and O–H groups in total. The third-order valence-electron chi connectivity index (χ3n) is 5.50. The van der Waals surface area contributed by atoms with E-state index in [1.807, 2.05) is 17.0 Å². The van der Waals surface area contributed by atoms with Gasteiger partial charge < -0.3 is 10.2 Å². The van der Waals surface area contributed by atoms with Crippen LogP contribution >= 0.6 is 11.6 Å². The van der Waals surface area contributed by atoms with Crippen LogP contribution in [0.4, 0.5) is 15.9 Å². The summed E-state index contributed by atoms with van der Waals surface area (Å²) >= 11 is 6.53. The molecule has 1 aliphatic heterocycles. The fourth-order valence-corrected chi connectivity index (χ4v) is 4.20. The number of aromatic nitrogens is 4. The predicted octanol–water partition coefficient (Wildman–Crippen LogP) is 5.01. The molecule has 0 unspecified atom stereocenters. The number of rotatable bonds is 4. The molecule has 1 aliphatic carbocycles. The van der Waals surface area contributed by atoms with Crippen LogP contribution in [-0.4, -0.2) is 39.3 Å². The first-order valence-electron chi connectivity index (χ1n) is 10.5. The monoisotopic (exact) mass is 440 g/mol. The third kappa shape index (κ3) is 3.72. The molecule has 0 bridgehead atoms. The molecule has 1 aromatic carbocycles. The summed E-state index contributed by atoms with van der Waals surface area (Å²) < 4.78 is 17.0. The zero-order chi connectivity index (χ0) is 21.4. The lowest BCUT2D eigenvalue weighted by atomic mass is 10.0. The average molecular weight is 441 g/mol. The van der Waals surface area contributed by atoms with Crippen molar-refractivity contribution in [3.8, 4) is 11.1 Å². The van der Waals surface area contributed by atoms with Gasteiger partial charge in [-0.05, 0) is 30.5 Å². The highest BCUT2D eigenvalue weighted by molar-refractivity contribution is 6.36. The van der Waals surface area contributed by atoms with Crippen LogP contribution in [0.3, 0.4) is 0 Å². The highest BCUT2D eigenvalue weighted by Gasteiger charge is 2.26. The predicted molar refractivity (Wildman–Crippen MR) is 120 cm³/mol. The minimum Gasteiger partial charge on any atom is -0.367 e. The summed E-state index contributed by atoms with van der Waals surface area (Å²) in [5.41, 5.74) is 3.21. The zero-order valence-corrected chi connectivity index (χ0v) is 17.6. The van der Waals surface area contributed by atoms with Gasteiger partial charge in [0.15, 0.2) is 11.6 Å². The number of nitrogens with one attached hydrogen (secondary N) is 2. The van der Waals surface area contributed by atoms with E-state index >= 15 is 4.39 Å². The summed E-state index contributed by atoms with van der Waals surface area (Å²) in [5, 5.41) is 14.7. The maximum absolute atomic E-state index is 15.3. The molecule has 7 nitrogen and oxygen atoms in total. The molecule has 160 valence electrons. The van der Waals surface area contributed by atoms with E-state index < -0.39 is 5.82 Å². The summed E-state index contributed by atoms with van der Waals surface area (Å²) in [5.74, 6) is -0.00530. The summed E-state index contributed by atoms with van der Waals surface area (Å²) in [7, 11) is 0. The molecule has 0 radical (unpaired) electrons. The van der Waals surface area contributed by atoms with Gasteiger partial charge in [-0.1, -0.05) is 30.9 Å². The van der Waals surface area contributed by atoms with Gasteiger partial charge in [0.2, 0.25) is 6.41 Å². The Bertz CT molecular complexity index is 1260. The topological polar surface area (TPSA) is 78.3 Å². The van der Waals surface area contributed by atoms with Gasteiger partial charge in [0, 0.05) is 36.3 Å². The van der Waals surface area contributed by atoms with Gasteiger partial charge in [-0.25, -0.2) is 8.91 Å². The molecule has 1 amide bonds. The van der Waals surface area contributed by atoms with E-state index in [0.29, 0.717) is 29.0 Å². The lowest BCUT2D eigenvalue weighted by Gasteiger charge is -2.21. The number of hydrogen-bond donors (Lipinski definition) is 2. The Kier molecular flexibility index (Phi) is 5.23. The van der Waals surface area contributed by atoms with Crippen molar-refractivity contribution >= 4 is 45.9 Å². The Hall–Kier alpha value is -3.13. The van der Waals surface area contributed by atoms with Crippen LogP contribution in [0.1, 0.15) is 32.1 Å². The molecule has 0 atom stereocenters. The first kappa shape index (κ1) is 19.8. The van der Waals surface area contributed by atoms with Crippen molar-refractivity contribution < 1.29 is 9.18 Å². The largest absolute Gasteiger partial charge is 0.367 e. The Morgan fingerprint density at radius 1 is 1.16 bits per heavy atom. The molecular weight excluding hydrogens is 419 g/mol. The lowest BCUT2D eigenvalue weighted by molar-refractivity contribution is -0.105. The molecule has 4 heterocycles. The number of hydrogen-bond acceptors (Lipinski definition) is 4. The van der Waals surface area contributed by atoms with Crippen molar-refractivity contribution in [2.75, 3.05) is 23.3 Å². The van der Waals surface area contributed by atoms with Crippen LogP contribution in [0.5, 0.6) is 0 Å². The fraction of sp³-hybridized carbons (Fsp3) is 0.318. The number of halogens is 2. The smallest absolute Gasteiger partial charge is 0.212 e. The molecule has 0 spiro atoms. The molecule has 6 rings (SSSR count). The summed E-state index contributed by atoms with van der Waals surface area (Å²) in [6, 6.07) is 5.40. The number of benzene rings is 1. The van der Waals surface area contributed by atoms with Crippen molar-refractivity contribution in [2.45, 2.75) is 32.1 Å². The van der Waals surface area contributed by atoms with E-state index in [2.05, 4.69) is 20.6 Å². The van der Waals surface area contributed by atoms with Crippen LogP contribution in [0.2, 0.25) is 5.02 Å². The number of pyridine rings is 1. The Balaban J connectivity index is 0.000000628. The average Bonchev–Trinajstić information content (AvgIpc) is 3.24. The van der Waals surface area contributed by atoms with Gasteiger partial charge in [0.25, 0.3) is 0 Å². The second-order valence-electron chi connectivity index (χ2n) is 7.84. The minimum absolute atomic E-state index is 0.0749. The highest BCUT2D eigenvalue weighted by atomic mass is 35.5. The first-order valence-corrected chi connectivity index (χ1v) is 10.8. The highest BCUT2D eigenvalue weighted by Crippen LogP contribution is 2.43. The number of H-pyrrole nitrogens is 1. The number of aromatic amines is 1. The second kappa shape index (κ2) is 8.19. The summed E-state index contributed by atoms with van der Waals surface area (Å²) in [4.78, 5) is 12.7. The SMILES string of the molecule is C1CC1.O=CNc1cc2cc(-c3c(Cl)c(F)c(N4CCCC4)c4[nH]ncc34)ccn2n1. The van der Waals surface area contributed by atoms with Gasteiger partial charge in [-0.15, -0.1) is 0 Å². The van der Waals surface area contributed by atoms with E-state index in [1.54, 1.807) is 23.0 Å². The molecule has 4 aromatic rings. The van der Waals surface area contributed by atoms with Crippen molar-refractivity contribution in [1.29, 1.82) is 0 Å². The van der Waals surface area contributed by atoms with Gasteiger partial charge in [0.1, 0.15) is 5.69 Å². The van der Waals surface area contributed by atoms with E-state index in [4.69, 9.17) is 11.6 Å². The van der Waals surface area contributed by atoms with Gasteiger partial charge >= 0.3 is 0 Å². The molecule has 9 heteroatoms. The Labute approximate surface area is 183 Å². The second-order valence-corrected chi connectivity index (χ2v) is 8.22. The number of nitrogens with zero attached hydrogens (tertiary/aromatic N) is 4. The zero-order valence-electron chi connectivity index (χ0n) is 16.9. The van der Waals surface area contributed by atoms with Crippen LogP contribution in [0, 0.1) is 5.82 Å². The molecule has 1 saturated carbocycles. The van der Waals surface area contributed by atoms with Crippen LogP contribution in [0.15, 0.2) is 30.6 Å². The quantitative estimate of drug-likeness (QED) is 0.437. The number of amides is 1. The normalized spacial score (nSPS) is 15.2. The number of anilines is 2. The van der Waals surface area contributed by atoms with Crippen molar-refractivity contribution in [3.05, 3.63) is 41.4 Å². The Morgan fingerprint density at radius 3 is 2.65 bits per heavy atom. The standard InChI is InChI=1S/C19H16ClFN6O.C3H6/c20-16-15(11-3-6-27-12(7-11)8-14(25-27)22-10-28)13-9-23-24-18(13)19(17(16)21)26-4-1-2-5-26;1-2-3-1/h3,6-10H,1-2,4-5H2,(H,23,24)(H,22,25,28);1-3H2. The van der Waals surface area contributed by atoms with E-state index in [0.717, 1.165) is 42.4 Å².